The molecule has 0 aliphatic carbocycles. The molecule has 0 spiro atoms. The van der Waals surface area contributed by atoms with E-state index in [1.54, 1.807) is 48.0 Å². The van der Waals surface area contributed by atoms with Gasteiger partial charge in [0.05, 0.1) is 11.9 Å². The van der Waals surface area contributed by atoms with Gasteiger partial charge in [-0.05, 0) is 42.8 Å². The van der Waals surface area contributed by atoms with Gasteiger partial charge in [0.15, 0.2) is 11.3 Å². The number of amides is 1. The van der Waals surface area contributed by atoms with Crippen molar-refractivity contribution < 1.29 is 4.79 Å². The number of fused-ring (bicyclic) bond motifs is 1. The van der Waals surface area contributed by atoms with Crippen LogP contribution < -0.4 is 5.32 Å². The van der Waals surface area contributed by atoms with Gasteiger partial charge in [-0.25, -0.2) is 4.52 Å². The summed E-state index contributed by atoms with van der Waals surface area (Å²) in [5.41, 5.74) is 3.55. The summed E-state index contributed by atoms with van der Waals surface area (Å²) < 4.78 is 1.59. The molecule has 1 N–H and O–H groups in total. The second-order valence-electron chi connectivity index (χ2n) is 5.90. The summed E-state index contributed by atoms with van der Waals surface area (Å²) in [6.45, 7) is 1.77. The molecular formula is C19H13Cl2N5O. The van der Waals surface area contributed by atoms with Crippen LogP contribution in [0.15, 0.2) is 54.7 Å². The Balaban J connectivity index is 1.72. The average Bonchev–Trinajstić information content (AvgIpc) is 3.07. The quantitative estimate of drug-likeness (QED) is 0.545. The van der Waals surface area contributed by atoms with Crippen LogP contribution in [0.4, 0.5) is 5.69 Å². The summed E-state index contributed by atoms with van der Waals surface area (Å²) in [4.78, 5) is 12.6. The number of hydrogen-bond acceptors (Lipinski definition) is 4. The molecule has 4 rings (SSSR count). The van der Waals surface area contributed by atoms with Gasteiger partial charge in [0.1, 0.15) is 0 Å². The fourth-order valence-corrected chi connectivity index (χ4v) is 3.16. The fraction of sp³-hybridized carbons (Fsp3) is 0.0526. The number of halogens is 2. The minimum Gasteiger partial charge on any atom is -0.320 e. The van der Waals surface area contributed by atoms with E-state index in [0.717, 1.165) is 11.1 Å². The maximum Gasteiger partial charge on any atom is 0.278 e. The van der Waals surface area contributed by atoms with E-state index in [9.17, 15) is 4.79 Å². The van der Waals surface area contributed by atoms with Crippen LogP contribution in [0.1, 0.15) is 16.2 Å². The first-order chi connectivity index (χ1) is 13.0. The van der Waals surface area contributed by atoms with Crippen molar-refractivity contribution in [1.29, 1.82) is 0 Å². The Bertz CT molecular complexity index is 1170. The van der Waals surface area contributed by atoms with Crippen LogP contribution in [0.5, 0.6) is 0 Å². The lowest BCUT2D eigenvalue weighted by Gasteiger charge is -2.08. The molecule has 0 atom stereocenters. The highest BCUT2D eigenvalue weighted by Gasteiger charge is 2.18. The first-order valence-corrected chi connectivity index (χ1v) is 8.82. The van der Waals surface area contributed by atoms with E-state index in [1.807, 2.05) is 18.2 Å². The molecule has 8 heteroatoms. The topological polar surface area (TPSA) is 72.2 Å². The number of carbonyl (C=O) groups excluding carboxylic acids is 1. The van der Waals surface area contributed by atoms with Crippen molar-refractivity contribution in [3.05, 3.63) is 76.2 Å². The van der Waals surface area contributed by atoms with E-state index in [2.05, 4.69) is 20.6 Å². The van der Waals surface area contributed by atoms with Gasteiger partial charge in [0.25, 0.3) is 5.91 Å². The first kappa shape index (κ1) is 17.5. The van der Waals surface area contributed by atoms with E-state index in [-0.39, 0.29) is 11.6 Å². The van der Waals surface area contributed by atoms with Crippen LogP contribution in [0.25, 0.3) is 16.8 Å². The first-order valence-electron chi connectivity index (χ1n) is 8.07. The van der Waals surface area contributed by atoms with Gasteiger partial charge < -0.3 is 5.32 Å². The van der Waals surface area contributed by atoms with E-state index >= 15 is 0 Å². The SMILES string of the molecule is Cc1c(C(=O)Nc2cccc(Cl)c2)nnc2c(-c3cccc(Cl)c3)cnn12. The van der Waals surface area contributed by atoms with Crippen LogP contribution in [0, 0.1) is 6.92 Å². The van der Waals surface area contributed by atoms with E-state index < -0.39 is 0 Å². The van der Waals surface area contributed by atoms with Gasteiger partial charge in [-0.15, -0.1) is 10.2 Å². The Morgan fingerprint density at radius 2 is 1.78 bits per heavy atom. The van der Waals surface area contributed by atoms with Crippen molar-refractivity contribution in [2.45, 2.75) is 6.92 Å². The monoisotopic (exact) mass is 397 g/mol. The van der Waals surface area contributed by atoms with Crippen molar-refractivity contribution in [2.24, 2.45) is 0 Å². The highest BCUT2D eigenvalue weighted by atomic mass is 35.5. The molecule has 2 aromatic heterocycles. The van der Waals surface area contributed by atoms with Crippen LogP contribution >= 0.6 is 23.2 Å². The number of nitrogens with zero attached hydrogens (tertiary/aromatic N) is 4. The number of anilines is 1. The molecule has 0 bridgehead atoms. The van der Waals surface area contributed by atoms with Crippen LogP contribution in [0.2, 0.25) is 10.0 Å². The van der Waals surface area contributed by atoms with Gasteiger partial charge in [-0.2, -0.15) is 5.10 Å². The van der Waals surface area contributed by atoms with Gasteiger partial charge in [-0.3, -0.25) is 4.79 Å². The van der Waals surface area contributed by atoms with Gasteiger partial charge in [0, 0.05) is 21.3 Å². The zero-order valence-electron chi connectivity index (χ0n) is 14.1. The predicted octanol–water partition coefficient (Wildman–Crippen LogP) is 4.66. The Morgan fingerprint density at radius 1 is 1.04 bits per heavy atom. The second-order valence-corrected chi connectivity index (χ2v) is 6.78. The summed E-state index contributed by atoms with van der Waals surface area (Å²) in [5.74, 6) is -0.385. The molecule has 0 radical (unpaired) electrons. The molecule has 0 saturated heterocycles. The van der Waals surface area contributed by atoms with E-state index in [4.69, 9.17) is 23.2 Å². The molecular weight excluding hydrogens is 385 g/mol. The standard InChI is InChI=1S/C19H13Cl2N5O/c1-11-17(19(27)23-15-7-3-6-14(21)9-15)24-25-18-16(10-22-26(11)18)12-4-2-5-13(20)8-12/h2-10H,1H3,(H,23,27). The molecule has 134 valence electrons. The smallest absolute Gasteiger partial charge is 0.278 e. The Morgan fingerprint density at radius 3 is 2.52 bits per heavy atom. The Hall–Kier alpha value is -2.96. The maximum atomic E-state index is 12.6. The molecule has 6 nitrogen and oxygen atoms in total. The minimum absolute atomic E-state index is 0.184. The predicted molar refractivity (Wildman–Crippen MR) is 105 cm³/mol. The van der Waals surface area contributed by atoms with Crippen molar-refractivity contribution >= 4 is 40.4 Å². The van der Waals surface area contributed by atoms with Crippen LogP contribution in [0.3, 0.4) is 0 Å². The summed E-state index contributed by atoms with van der Waals surface area (Å²) in [6.07, 6.45) is 1.68. The molecule has 2 heterocycles. The molecule has 0 unspecified atom stereocenters. The number of benzene rings is 2. The van der Waals surface area contributed by atoms with Crippen LogP contribution in [-0.2, 0) is 0 Å². The molecule has 4 aromatic rings. The summed E-state index contributed by atoms with van der Waals surface area (Å²) in [6, 6.07) is 14.3. The van der Waals surface area contributed by atoms with Crippen LogP contribution in [-0.4, -0.2) is 25.7 Å². The largest absolute Gasteiger partial charge is 0.320 e. The molecule has 1 amide bonds. The highest BCUT2D eigenvalue weighted by molar-refractivity contribution is 6.31. The van der Waals surface area contributed by atoms with Gasteiger partial charge >= 0.3 is 0 Å². The molecule has 0 fully saturated rings. The summed E-state index contributed by atoms with van der Waals surface area (Å²) in [5, 5.41) is 16.6. The summed E-state index contributed by atoms with van der Waals surface area (Å²) in [7, 11) is 0. The Labute approximate surface area is 164 Å². The lowest BCUT2D eigenvalue weighted by molar-refractivity contribution is 0.102. The minimum atomic E-state index is -0.385. The molecule has 0 saturated carbocycles. The van der Waals surface area contributed by atoms with Gasteiger partial charge in [-0.1, -0.05) is 41.4 Å². The molecule has 0 aliphatic rings. The third-order valence-corrected chi connectivity index (χ3v) is 4.55. The number of carbonyl (C=O) groups is 1. The van der Waals surface area contributed by atoms with E-state index in [1.165, 1.54) is 0 Å². The normalized spacial score (nSPS) is 10.9. The second kappa shape index (κ2) is 6.98. The third kappa shape index (κ3) is 3.37. The number of rotatable bonds is 3. The number of nitrogens with one attached hydrogen (secondary N) is 1. The van der Waals surface area contributed by atoms with Crippen molar-refractivity contribution in [2.75, 3.05) is 5.32 Å². The van der Waals surface area contributed by atoms with Gasteiger partial charge in [0.2, 0.25) is 0 Å². The van der Waals surface area contributed by atoms with Crippen molar-refractivity contribution in [3.8, 4) is 11.1 Å². The highest BCUT2D eigenvalue weighted by Crippen LogP contribution is 2.26. The fourth-order valence-electron chi connectivity index (χ4n) is 2.78. The molecule has 27 heavy (non-hydrogen) atoms. The zero-order valence-corrected chi connectivity index (χ0v) is 15.7. The molecule has 2 aromatic carbocycles. The number of aryl methyl sites for hydroxylation is 1. The molecule has 0 aliphatic heterocycles. The zero-order chi connectivity index (χ0) is 19.0. The number of hydrogen-bond donors (Lipinski definition) is 1. The van der Waals surface area contributed by atoms with Crippen molar-refractivity contribution in [3.63, 3.8) is 0 Å². The van der Waals surface area contributed by atoms with E-state index in [0.29, 0.717) is 27.1 Å². The lowest BCUT2D eigenvalue weighted by atomic mass is 10.1. The third-order valence-electron chi connectivity index (χ3n) is 4.08. The summed E-state index contributed by atoms with van der Waals surface area (Å²) >= 11 is 12.0. The maximum absolute atomic E-state index is 12.6. The Kier molecular flexibility index (Phi) is 4.51. The lowest BCUT2D eigenvalue weighted by Crippen LogP contribution is -2.18. The number of aromatic nitrogens is 4. The van der Waals surface area contributed by atoms with Crippen molar-refractivity contribution in [1.82, 2.24) is 19.8 Å². The average molecular weight is 398 g/mol.